The van der Waals surface area contributed by atoms with Gasteiger partial charge in [-0.15, -0.1) is 0 Å². The molecule has 0 fully saturated rings. The van der Waals surface area contributed by atoms with Gasteiger partial charge in [0.15, 0.2) is 0 Å². The maximum atomic E-state index is 8.38. The van der Waals surface area contributed by atoms with Crippen LogP contribution in [0.2, 0.25) is 0 Å². The summed E-state index contributed by atoms with van der Waals surface area (Å²) in [5, 5.41) is 8.38. The number of allylic oxidation sites excluding steroid dienone is 2. The van der Waals surface area contributed by atoms with E-state index in [1.807, 2.05) is 13.0 Å². The lowest BCUT2D eigenvalue weighted by atomic mass is 9.94. The second-order valence-corrected chi connectivity index (χ2v) is 3.31. The molecule has 0 heterocycles. The molecule has 0 rings (SSSR count). The van der Waals surface area contributed by atoms with Gasteiger partial charge in [0.2, 0.25) is 0 Å². The van der Waals surface area contributed by atoms with Crippen molar-refractivity contribution >= 4 is 0 Å². The van der Waals surface area contributed by atoms with E-state index in [2.05, 4.69) is 26.8 Å². The molecule has 0 spiro atoms. The number of nitriles is 1. The van der Waals surface area contributed by atoms with E-state index in [-0.39, 0.29) is 5.41 Å². The molecule has 0 atom stereocenters. The first-order chi connectivity index (χ1) is 3.95. The Morgan fingerprint density at radius 2 is 1.89 bits per heavy atom. The molecular weight excluding hydrogens is 110 g/mol. The molecule has 1 heteroatoms. The Labute approximate surface area is 57.0 Å². The van der Waals surface area contributed by atoms with E-state index in [1.165, 1.54) is 0 Å². The van der Waals surface area contributed by atoms with Gasteiger partial charge in [-0.05, 0) is 12.3 Å². The normalized spacial score (nSPS) is 13.0. The Hall–Kier alpha value is -0.770. The zero-order chi connectivity index (χ0) is 7.49. The van der Waals surface area contributed by atoms with Crippen LogP contribution in [-0.2, 0) is 0 Å². The predicted octanol–water partition coefficient (Wildman–Crippen LogP) is 2.50. The van der Waals surface area contributed by atoms with E-state index in [9.17, 15) is 0 Å². The maximum absolute atomic E-state index is 8.38. The van der Waals surface area contributed by atoms with Crippen molar-refractivity contribution in [2.24, 2.45) is 5.41 Å². The minimum atomic E-state index is 0.139. The van der Waals surface area contributed by atoms with E-state index in [0.717, 1.165) is 5.57 Å². The molecule has 0 aliphatic carbocycles. The van der Waals surface area contributed by atoms with Gasteiger partial charge in [0, 0.05) is 5.57 Å². The summed E-state index contributed by atoms with van der Waals surface area (Å²) in [5.41, 5.74) is 0.933. The summed E-state index contributed by atoms with van der Waals surface area (Å²) in [6, 6.07) is 2.08. The van der Waals surface area contributed by atoms with Gasteiger partial charge in [-0.3, -0.25) is 0 Å². The summed E-state index contributed by atoms with van der Waals surface area (Å²) < 4.78 is 0. The Kier molecular flexibility index (Phi) is 2.45. The fourth-order valence-electron chi connectivity index (χ4n) is 0.682. The van der Waals surface area contributed by atoms with Crippen LogP contribution in [0.1, 0.15) is 27.7 Å². The molecule has 0 bridgehead atoms. The highest BCUT2D eigenvalue weighted by atomic mass is 14.2. The summed E-state index contributed by atoms with van der Waals surface area (Å²) in [7, 11) is 0. The van der Waals surface area contributed by atoms with Crippen molar-refractivity contribution in [3.63, 3.8) is 0 Å². The van der Waals surface area contributed by atoms with E-state index in [0.29, 0.717) is 0 Å². The molecule has 9 heavy (non-hydrogen) atoms. The second-order valence-electron chi connectivity index (χ2n) is 3.31. The van der Waals surface area contributed by atoms with Crippen molar-refractivity contribution in [3.05, 3.63) is 11.6 Å². The van der Waals surface area contributed by atoms with Crippen LogP contribution in [-0.4, -0.2) is 0 Å². The molecule has 0 N–H and O–H groups in total. The van der Waals surface area contributed by atoms with Crippen LogP contribution < -0.4 is 0 Å². The molecule has 0 saturated carbocycles. The molecule has 0 amide bonds. The first-order valence-corrected chi connectivity index (χ1v) is 3.05. The minimum Gasteiger partial charge on any atom is -0.193 e. The van der Waals surface area contributed by atoms with E-state index in [1.54, 1.807) is 0 Å². The lowest BCUT2D eigenvalue weighted by Crippen LogP contribution is -1.99. The molecule has 0 aromatic carbocycles. The summed E-state index contributed by atoms with van der Waals surface area (Å²) in [6.45, 7) is 8.06. The summed E-state index contributed by atoms with van der Waals surface area (Å²) in [4.78, 5) is 0. The molecule has 0 radical (unpaired) electrons. The second kappa shape index (κ2) is 2.68. The van der Waals surface area contributed by atoms with E-state index in [4.69, 9.17) is 5.26 Å². The molecule has 0 aromatic rings. The third-order valence-electron chi connectivity index (χ3n) is 0.826. The van der Waals surface area contributed by atoms with Gasteiger partial charge in [-0.25, -0.2) is 0 Å². The zero-order valence-corrected chi connectivity index (χ0v) is 6.52. The Morgan fingerprint density at radius 1 is 1.44 bits per heavy atom. The van der Waals surface area contributed by atoms with Crippen molar-refractivity contribution in [2.75, 3.05) is 0 Å². The van der Waals surface area contributed by atoms with Gasteiger partial charge in [0.05, 0.1) is 6.07 Å². The van der Waals surface area contributed by atoms with Crippen molar-refractivity contribution < 1.29 is 0 Å². The minimum absolute atomic E-state index is 0.139. The first kappa shape index (κ1) is 8.23. The molecule has 50 valence electrons. The van der Waals surface area contributed by atoms with Gasteiger partial charge in [0.1, 0.15) is 0 Å². The average molecular weight is 123 g/mol. The van der Waals surface area contributed by atoms with Crippen LogP contribution >= 0.6 is 0 Å². The SMILES string of the molecule is CC(C#N)=CC(C)(C)C. The van der Waals surface area contributed by atoms with Crippen molar-refractivity contribution in [2.45, 2.75) is 27.7 Å². The third-order valence-corrected chi connectivity index (χ3v) is 0.826. The van der Waals surface area contributed by atoms with Crippen molar-refractivity contribution in [3.8, 4) is 6.07 Å². The van der Waals surface area contributed by atoms with Crippen LogP contribution in [0, 0.1) is 16.7 Å². The van der Waals surface area contributed by atoms with Crippen molar-refractivity contribution in [1.29, 1.82) is 5.26 Å². The molecule has 0 unspecified atom stereocenters. The van der Waals surface area contributed by atoms with Crippen LogP contribution in [0.5, 0.6) is 0 Å². The number of hydrogen-bond donors (Lipinski definition) is 0. The molecule has 0 aliphatic rings. The van der Waals surface area contributed by atoms with Crippen LogP contribution in [0.4, 0.5) is 0 Å². The monoisotopic (exact) mass is 123 g/mol. The fourth-order valence-corrected chi connectivity index (χ4v) is 0.682. The van der Waals surface area contributed by atoms with Gasteiger partial charge in [-0.2, -0.15) is 5.26 Å². The van der Waals surface area contributed by atoms with Crippen LogP contribution in [0.15, 0.2) is 11.6 Å². The average Bonchev–Trinajstić information content (AvgIpc) is 1.62. The first-order valence-electron chi connectivity index (χ1n) is 3.05. The molecule has 0 aliphatic heterocycles. The third kappa shape index (κ3) is 5.10. The largest absolute Gasteiger partial charge is 0.193 e. The topological polar surface area (TPSA) is 23.8 Å². The Balaban J connectivity index is 4.17. The van der Waals surface area contributed by atoms with Gasteiger partial charge in [-0.1, -0.05) is 26.8 Å². The highest BCUT2D eigenvalue weighted by Gasteiger charge is 2.04. The molecule has 0 aromatic heterocycles. The standard InChI is InChI=1S/C8H13N/c1-7(6-9)5-8(2,3)4/h5H,1-4H3. The number of hydrogen-bond acceptors (Lipinski definition) is 1. The van der Waals surface area contributed by atoms with Crippen molar-refractivity contribution in [1.82, 2.24) is 0 Å². The van der Waals surface area contributed by atoms with Gasteiger partial charge >= 0.3 is 0 Å². The lowest BCUT2D eigenvalue weighted by Gasteiger charge is -2.10. The predicted molar refractivity (Wildman–Crippen MR) is 38.8 cm³/mol. The van der Waals surface area contributed by atoms with E-state index < -0.39 is 0 Å². The Bertz CT molecular complexity index is 152. The summed E-state index contributed by atoms with van der Waals surface area (Å²) in [6.07, 6.45) is 1.97. The fraction of sp³-hybridized carbons (Fsp3) is 0.625. The van der Waals surface area contributed by atoms with Crippen LogP contribution in [0.25, 0.3) is 0 Å². The maximum Gasteiger partial charge on any atom is 0.0940 e. The quantitative estimate of drug-likeness (QED) is 0.454. The van der Waals surface area contributed by atoms with Crippen LogP contribution in [0.3, 0.4) is 0 Å². The number of rotatable bonds is 0. The molecule has 1 nitrogen and oxygen atoms in total. The lowest BCUT2D eigenvalue weighted by molar-refractivity contribution is 0.541. The zero-order valence-electron chi connectivity index (χ0n) is 6.52. The summed E-state index contributed by atoms with van der Waals surface area (Å²) in [5.74, 6) is 0. The highest BCUT2D eigenvalue weighted by Crippen LogP contribution is 2.16. The van der Waals surface area contributed by atoms with E-state index >= 15 is 0 Å². The summed E-state index contributed by atoms with van der Waals surface area (Å²) >= 11 is 0. The molecular formula is C8H13N. The Morgan fingerprint density at radius 3 is 2.00 bits per heavy atom. The number of nitrogens with zero attached hydrogens (tertiary/aromatic N) is 1. The van der Waals surface area contributed by atoms with Gasteiger partial charge < -0.3 is 0 Å². The highest BCUT2D eigenvalue weighted by molar-refractivity contribution is 5.19. The molecule has 0 saturated heterocycles. The van der Waals surface area contributed by atoms with Gasteiger partial charge in [0.25, 0.3) is 0 Å². The smallest absolute Gasteiger partial charge is 0.0940 e.